The van der Waals surface area contributed by atoms with Crippen molar-refractivity contribution in [2.24, 2.45) is 0 Å². The molecule has 6 nitrogen and oxygen atoms in total. The molecule has 0 fully saturated rings. The molecular formula is C16H22N6. The van der Waals surface area contributed by atoms with Crippen LogP contribution in [0.15, 0.2) is 36.8 Å². The molecule has 0 aromatic carbocycles. The van der Waals surface area contributed by atoms with Gasteiger partial charge in [-0.1, -0.05) is 20.8 Å². The average molecular weight is 298 g/mol. The van der Waals surface area contributed by atoms with Crippen molar-refractivity contribution < 1.29 is 0 Å². The Hall–Kier alpha value is -2.37. The number of aromatic nitrogens is 6. The summed E-state index contributed by atoms with van der Waals surface area (Å²) in [4.78, 5) is 0. The molecule has 0 radical (unpaired) electrons. The first-order valence-electron chi connectivity index (χ1n) is 7.87. The topological polar surface area (TPSA) is 53.5 Å². The summed E-state index contributed by atoms with van der Waals surface area (Å²) in [5.41, 5.74) is 3.20. The van der Waals surface area contributed by atoms with E-state index in [1.165, 1.54) is 0 Å². The van der Waals surface area contributed by atoms with Crippen molar-refractivity contribution in [2.75, 3.05) is 0 Å². The zero-order valence-corrected chi connectivity index (χ0v) is 13.3. The highest BCUT2D eigenvalue weighted by Crippen LogP contribution is 2.14. The molecule has 0 aliphatic rings. The normalized spacial score (nSPS) is 11.5. The first kappa shape index (κ1) is 14.6. The Balaban J connectivity index is 2.04. The van der Waals surface area contributed by atoms with Gasteiger partial charge in [0, 0.05) is 18.6 Å². The molecule has 3 heterocycles. The van der Waals surface area contributed by atoms with Crippen LogP contribution >= 0.6 is 0 Å². The second kappa shape index (κ2) is 6.17. The standard InChI is InChI=1S/C16H22N6/c1-4-13-7-10-20(17-13)16(21-11-8-14(5-2)18-21)22-12-9-15(6-3)19-22/h7-12,16H,4-6H2,1-3H3. The Labute approximate surface area is 130 Å². The summed E-state index contributed by atoms with van der Waals surface area (Å²) < 4.78 is 5.74. The molecule has 6 heteroatoms. The SMILES string of the molecule is CCc1ccn(C(n2ccc(CC)n2)n2ccc(CC)n2)n1. The minimum Gasteiger partial charge on any atom is -0.227 e. The van der Waals surface area contributed by atoms with Gasteiger partial charge in [0.25, 0.3) is 0 Å². The minimum absolute atomic E-state index is 0.208. The Morgan fingerprint density at radius 1 is 0.682 bits per heavy atom. The van der Waals surface area contributed by atoms with Crippen molar-refractivity contribution in [2.45, 2.75) is 46.3 Å². The lowest BCUT2D eigenvalue weighted by Gasteiger charge is -2.19. The predicted octanol–water partition coefficient (Wildman–Crippen LogP) is 2.52. The molecule has 3 aromatic rings. The third-order valence-corrected chi connectivity index (χ3v) is 3.79. The first-order valence-corrected chi connectivity index (χ1v) is 7.87. The van der Waals surface area contributed by atoms with E-state index in [1.54, 1.807) is 0 Å². The van der Waals surface area contributed by atoms with Crippen molar-refractivity contribution in [1.82, 2.24) is 29.3 Å². The predicted molar refractivity (Wildman–Crippen MR) is 84.6 cm³/mol. The summed E-state index contributed by atoms with van der Waals surface area (Å²) in [7, 11) is 0. The molecule has 3 rings (SSSR count). The molecule has 0 bridgehead atoms. The molecule has 0 saturated carbocycles. The number of rotatable bonds is 6. The van der Waals surface area contributed by atoms with Crippen molar-refractivity contribution in [3.05, 3.63) is 53.9 Å². The summed E-state index contributed by atoms with van der Waals surface area (Å²) in [6.07, 6.45) is 8.51. The molecule has 0 spiro atoms. The van der Waals surface area contributed by atoms with E-state index in [4.69, 9.17) is 0 Å². The van der Waals surface area contributed by atoms with E-state index in [-0.39, 0.29) is 6.29 Å². The smallest absolute Gasteiger partial charge is 0.227 e. The molecule has 0 aliphatic carbocycles. The average Bonchev–Trinajstić information content (AvgIpc) is 3.28. The molecular weight excluding hydrogens is 276 g/mol. The number of aryl methyl sites for hydroxylation is 3. The third kappa shape index (κ3) is 2.68. The first-order chi connectivity index (χ1) is 10.7. The van der Waals surface area contributed by atoms with E-state index in [2.05, 4.69) is 36.1 Å². The van der Waals surface area contributed by atoms with Gasteiger partial charge in [-0.2, -0.15) is 15.3 Å². The minimum atomic E-state index is -0.208. The maximum Gasteiger partial charge on any atom is 0.238 e. The van der Waals surface area contributed by atoms with Crippen molar-refractivity contribution in [3.63, 3.8) is 0 Å². The van der Waals surface area contributed by atoms with E-state index < -0.39 is 0 Å². The maximum absolute atomic E-state index is 4.65. The summed E-state index contributed by atoms with van der Waals surface area (Å²) >= 11 is 0. The largest absolute Gasteiger partial charge is 0.238 e. The Morgan fingerprint density at radius 3 is 1.23 bits per heavy atom. The summed E-state index contributed by atoms with van der Waals surface area (Å²) in [6, 6.07) is 6.13. The molecule has 116 valence electrons. The quantitative estimate of drug-likeness (QED) is 0.702. The monoisotopic (exact) mass is 298 g/mol. The number of nitrogens with zero attached hydrogens (tertiary/aromatic N) is 6. The van der Waals surface area contributed by atoms with Gasteiger partial charge in [0.1, 0.15) is 0 Å². The van der Waals surface area contributed by atoms with E-state index in [1.807, 2.05) is 50.8 Å². The van der Waals surface area contributed by atoms with Gasteiger partial charge in [-0.05, 0) is 37.5 Å². The van der Waals surface area contributed by atoms with Gasteiger partial charge in [0.05, 0.1) is 17.1 Å². The molecule has 0 atom stereocenters. The van der Waals surface area contributed by atoms with Crippen LogP contribution in [0, 0.1) is 0 Å². The van der Waals surface area contributed by atoms with Gasteiger partial charge in [0.2, 0.25) is 6.29 Å². The lowest BCUT2D eigenvalue weighted by Crippen LogP contribution is -2.27. The van der Waals surface area contributed by atoms with Crippen molar-refractivity contribution in [3.8, 4) is 0 Å². The summed E-state index contributed by atoms with van der Waals surface area (Å²) in [6.45, 7) is 6.32. The van der Waals surface area contributed by atoms with E-state index in [0.717, 1.165) is 36.3 Å². The summed E-state index contributed by atoms with van der Waals surface area (Å²) in [5.74, 6) is 0. The molecule has 0 saturated heterocycles. The second-order valence-electron chi connectivity index (χ2n) is 5.27. The van der Waals surface area contributed by atoms with Crippen LogP contribution in [0.25, 0.3) is 0 Å². The lowest BCUT2D eigenvalue weighted by molar-refractivity contribution is 0.281. The third-order valence-electron chi connectivity index (χ3n) is 3.79. The molecule has 0 N–H and O–H groups in total. The summed E-state index contributed by atoms with van der Waals surface area (Å²) in [5, 5.41) is 13.9. The fourth-order valence-electron chi connectivity index (χ4n) is 2.45. The Bertz CT molecular complexity index is 635. The molecule has 22 heavy (non-hydrogen) atoms. The fraction of sp³-hybridized carbons (Fsp3) is 0.438. The molecule has 0 amide bonds. The van der Waals surface area contributed by atoms with Crippen LogP contribution in [0.3, 0.4) is 0 Å². The Morgan fingerprint density at radius 2 is 1.00 bits per heavy atom. The van der Waals surface area contributed by atoms with E-state index in [0.29, 0.717) is 0 Å². The molecule has 3 aromatic heterocycles. The number of hydrogen-bond donors (Lipinski definition) is 0. The van der Waals surface area contributed by atoms with Crippen LogP contribution < -0.4 is 0 Å². The number of hydrogen-bond acceptors (Lipinski definition) is 3. The highest BCUT2D eigenvalue weighted by atomic mass is 15.6. The van der Waals surface area contributed by atoms with Crippen LogP contribution in [-0.2, 0) is 19.3 Å². The Kier molecular flexibility index (Phi) is 4.09. The highest BCUT2D eigenvalue weighted by Gasteiger charge is 2.18. The van der Waals surface area contributed by atoms with Gasteiger partial charge in [-0.25, -0.2) is 14.0 Å². The van der Waals surface area contributed by atoms with Crippen LogP contribution in [0.2, 0.25) is 0 Å². The zero-order chi connectivity index (χ0) is 15.5. The molecule has 0 aliphatic heterocycles. The van der Waals surface area contributed by atoms with Gasteiger partial charge in [0.15, 0.2) is 0 Å². The van der Waals surface area contributed by atoms with Gasteiger partial charge >= 0.3 is 0 Å². The van der Waals surface area contributed by atoms with Crippen LogP contribution in [0.1, 0.15) is 44.1 Å². The van der Waals surface area contributed by atoms with E-state index in [9.17, 15) is 0 Å². The van der Waals surface area contributed by atoms with Crippen LogP contribution in [0.4, 0.5) is 0 Å². The zero-order valence-electron chi connectivity index (χ0n) is 13.3. The van der Waals surface area contributed by atoms with Crippen LogP contribution in [0.5, 0.6) is 0 Å². The van der Waals surface area contributed by atoms with Crippen molar-refractivity contribution >= 4 is 0 Å². The molecule has 0 unspecified atom stereocenters. The second-order valence-corrected chi connectivity index (χ2v) is 5.27. The van der Waals surface area contributed by atoms with Crippen LogP contribution in [-0.4, -0.2) is 29.3 Å². The highest BCUT2D eigenvalue weighted by molar-refractivity contribution is 5.04. The van der Waals surface area contributed by atoms with Gasteiger partial charge in [-0.3, -0.25) is 0 Å². The van der Waals surface area contributed by atoms with Crippen molar-refractivity contribution in [1.29, 1.82) is 0 Å². The lowest BCUT2D eigenvalue weighted by atomic mass is 10.4. The van der Waals surface area contributed by atoms with Gasteiger partial charge < -0.3 is 0 Å². The van der Waals surface area contributed by atoms with E-state index >= 15 is 0 Å². The van der Waals surface area contributed by atoms with Gasteiger partial charge in [-0.15, -0.1) is 0 Å². The fourth-order valence-corrected chi connectivity index (χ4v) is 2.45. The maximum atomic E-state index is 4.65.